The second kappa shape index (κ2) is 7.26. The van der Waals surface area contributed by atoms with E-state index in [9.17, 15) is 0 Å². The molecular formula is C8H17BNaO3. The molecule has 1 heterocycles. The summed E-state index contributed by atoms with van der Waals surface area (Å²) in [6.45, 7) is 4.87. The zero-order chi connectivity index (χ0) is 8.97. The minimum Gasteiger partial charge on any atom is -0.402 e. The molecule has 0 spiro atoms. The van der Waals surface area contributed by atoms with Crippen molar-refractivity contribution in [3.63, 3.8) is 0 Å². The monoisotopic (exact) mass is 195 g/mol. The summed E-state index contributed by atoms with van der Waals surface area (Å²) >= 11 is 0. The predicted octanol–water partition coefficient (Wildman–Crippen LogP) is 0.824. The van der Waals surface area contributed by atoms with Crippen molar-refractivity contribution in [2.45, 2.75) is 39.2 Å². The maximum absolute atomic E-state index is 9.08. The van der Waals surface area contributed by atoms with Crippen LogP contribution in [-0.2, 0) is 9.31 Å². The van der Waals surface area contributed by atoms with E-state index in [2.05, 4.69) is 13.8 Å². The van der Waals surface area contributed by atoms with Crippen LogP contribution >= 0.6 is 0 Å². The third kappa shape index (κ3) is 4.32. The Morgan fingerprint density at radius 3 is 2.69 bits per heavy atom. The molecule has 0 amide bonds. The van der Waals surface area contributed by atoms with Crippen LogP contribution in [0, 0.1) is 5.92 Å². The number of hydrogen-bond donors (Lipinski definition) is 1. The molecule has 71 valence electrons. The standard InChI is InChI=1S/C8H17BO3.Na/c1-3-5-8-7(4-2)6-11-9(10)12-8;/h7-8,10H,3-6H2,1-2H3;. The molecule has 0 aliphatic carbocycles. The molecule has 0 aromatic heterocycles. The van der Waals surface area contributed by atoms with Crippen molar-refractivity contribution in [1.29, 1.82) is 0 Å². The molecule has 5 heteroatoms. The van der Waals surface area contributed by atoms with Crippen molar-refractivity contribution in [2.75, 3.05) is 6.61 Å². The van der Waals surface area contributed by atoms with Gasteiger partial charge in [-0.25, -0.2) is 0 Å². The first-order chi connectivity index (χ1) is 5.77. The van der Waals surface area contributed by atoms with Crippen LogP contribution in [0.4, 0.5) is 0 Å². The van der Waals surface area contributed by atoms with Crippen LogP contribution in [-0.4, -0.2) is 54.6 Å². The van der Waals surface area contributed by atoms with Gasteiger partial charge in [-0.05, 0) is 12.8 Å². The summed E-state index contributed by atoms with van der Waals surface area (Å²) in [6.07, 6.45) is 3.34. The van der Waals surface area contributed by atoms with E-state index in [-0.39, 0.29) is 35.7 Å². The van der Waals surface area contributed by atoms with Gasteiger partial charge in [-0.1, -0.05) is 20.3 Å². The van der Waals surface area contributed by atoms with Gasteiger partial charge in [0.05, 0.1) is 6.10 Å². The zero-order valence-corrected chi connectivity index (χ0v) is 10.8. The Morgan fingerprint density at radius 2 is 2.15 bits per heavy atom. The van der Waals surface area contributed by atoms with Crippen molar-refractivity contribution in [2.24, 2.45) is 5.92 Å². The van der Waals surface area contributed by atoms with E-state index in [1.807, 2.05) is 0 Å². The average Bonchev–Trinajstić information content (AvgIpc) is 2.05. The molecule has 0 aromatic carbocycles. The summed E-state index contributed by atoms with van der Waals surface area (Å²) in [5.74, 6) is 0.452. The summed E-state index contributed by atoms with van der Waals surface area (Å²) in [7, 11) is -0.996. The van der Waals surface area contributed by atoms with E-state index in [0.29, 0.717) is 12.5 Å². The Bertz CT molecular complexity index is 137. The smallest absolute Gasteiger partial charge is 0.402 e. The van der Waals surface area contributed by atoms with Crippen molar-refractivity contribution < 1.29 is 14.3 Å². The van der Waals surface area contributed by atoms with Crippen molar-refractivity contribution in [3.05, 3.63) is 0 Å². The van der Waals surface area contributed by atoms with Crippen LogP contribution < -0.4 is 0 Å². The summed E-state index contributed by atoms with van der Waals surface area (Å²) in [5.41, 5.74) is 0. The van der Waals surface area contributed by atoms with Crippen LogP contribution in [0.2, 0.25) is 0 Å². The summed E-state index contributed by atoms with van der Waals surface area (Å²) in [5, 5.41) is 9.08. The van der Waals surface area contributed by atoms with E-state index in [1.165, 1.54) is 0 Å². The van der Waals surface area contributed by atoms with Crippen LogP contribution in [0.3, 0.4) is 0 Å². The van der Waals surface area contributed by atoms with Crippen LogP contribution in [0.5, 0.6) is 0 Å². The summed E-state index contributed by atoms with van der Waals surface area (Å²) < 4.78 is 10.3. The first-order valence-corrected chi connectivity index (χ1v) is 4.73. The molecular weight excluding hydrogens is 178 g/mol. The average molecular weight is 195 g/mol. The molecule has 1 fully saturated rings. The first kappa shape index (κ1) is 13.9. The normalized spacial score (nSPS) is 28.4. The van der Waals surface area contributed by atoms with Gasteiger partial charge in [0.25, 0.3) is 0 Å². The molecule has 3 nitrogen and oxygen atoms in total. The molecule has 13 heavy (non-hydrogen) atoms. The van der Waals surface area contributed by atoms with E-state index in [4.69, 9.17) is 14.3 Å². The minimum absolute atomic E-state index is 0. The Hall–Kier alpha value is 0.945. The van der Waals surface area contributed by atoms with Crippen LogP contribution in [0.25, 0.3) is 0 Å². The van der Waals surface area contributed by atoms with Gasteiger partial charge in [0.15, 0.2) is 0 Å². The zero-order valence-electron chi connectivity index (χ0n) is 8.82. The first-order valence-electron chi connectivity index (χ1n) is 4.73. The van der Waals surface area contributed by atoms with Crippen molar-refractivity contribution in [1.82, 2.24) is 0 Å². The van der Waals surface area contributed by atoms with Gasteiger partial charge in [0.2, 0.25) is 0 Å². The SMILES string of the molecule is CCCC1OB(O)OCC1CC.[Na]. The molecule has 0 saturated carbocycles. The fourth-order valence-electron chi connectivity index (χ4n) is 1.58. The third-order valence-corrected chi connectivity index (χ3v) is 2.37. The molecule has 0 bridgehead atoms. The molecule has 2 atom stereocenters. The van der Waals surface area contributed by atoms with E-state index >= 15 is 0 Å². The maximum Gasteiger partial charge on any atom is 0.636 e. The van der Waals surface area contributed by atoms with Gasteiger partial charge in [0.1, 0.15) is 0 Å². The Morgan fingerprint density at radius 1 is 1.46 bits per heavy atom. The minimum atomic E-state index is -0.996. The molecule has 1 aliphatic rings. The molecule has 1 radical (unpaired) electrons. The quantitative estimate of drug-likeness (QED) is 0.677. The predicted molar refractivity (Wildman–Crippen MR) is 53.2 cm³/mol. The second-order valence-electron chi connectivity index (χ2n) is 3.27. The molecule has 2 unspecified atom stereocenters. The fourth-order valence-corrected chi connectivity index (χ4v) is 1.58. The van der Waals surface area contributed by atoms with E-state index < -0.39 is 7.32 Å². The largest absolute Gasteiger partial charge is 0.636 e. The Balaban J connectivity index is 0.00000144. The van der Waals surface area contributed by atoms with Crippen molar-refractivity contribution >= 4 is 36.9 Å². The van der Waals surface area contributed by atoms with Gasteiger partial charge in [0, 0.05) is 42.1 Å². The van der Waals surface area contributed by atoms with Gasteiger partial charge >= 0.3 is 7.32 Å². The molecule has 0 aromatic rings. The fraction of sp³-hybridized carbons (Fsp3) is 1.00. The molecule has 1 saturated heterocycles. The number of rotatable bonds is 3. The molecule has 1 N–H and O–H groups in total. The molecule has 1 aliphatic heterocycles. The summed E-state index contributed by atoms with van der Waals surface area (Å²) in [6, 6.07) is 0. The molecule has 1 rings (SSSR count). The maximum atomic E-state index is 9.08. The van der Waals surface area contributed by atoms with Gasteiger partial charge in [-0.15, -0.1) is 0 Å². The van der Waals surface area contributed by atoms with Gasteiger partial charge in [-0.3, -0.25) is 0 Å². The summed E-state index contributed by atoms with van der Waals surface area (Å²) in [4.78, 5) is 0. The Labute approximate surface area is 103 Å². The topological polar surface area (TPSA) is 38.7 Å². The van der Waals surface area contributed by atoms with Crippen LogP contribution in [0.15, 0.2) is 0 Å². The van der Waals surface area contributed by atoms with Crippen molar-refractivity contribution in [3.8, 4) is 0 Å². The van der Waals surface area contributed by atoms with E-state index in [0.717, 1.165) is 19.3 Å². The number of hydrogen-bond acceptors (Lipinski definition) is 3. The van der Waals surface area contributed by atoms with Gasteiger partial charge < -0.3 is 14.3 Å². The second-order valence-corrected chi connectivity index (χ2v) is 3.27. The van der Waals surface area contributed by atoms with Crippen LogP contribution in [0.1, 0.15) is 33.1 Å². The van der Waals surface area contributed by atoms with Gasteiger partial charge in [-0.2, -0.15) is 0 Å². The third-order valence-electron chi connectivity index (χ3n) is 2.37. The van der Waals surface area contributed by atoms with E-state index in [1.54, 1.807) is 0 Å². The Kier molecular flexibility index (Phi) is 7.79.